The lowest BCUT2D eigenvalue weighted by atomic mass is 10.1. The van der Waals surface area contributed by atoms with Crippen LogP contribution in [-0.2, 0) is 59.5 Å². The fraction of sp³-hybridized carbons (Fsp3) is 0.810. The van der Waals surface area contributed by atoms with Gasteiger partial charge in [-0.05, 0) is 27.7 Å². The second-order valence-electron chi connectivity index (χ2n) is 9.98. The minimum absolute atomic E-state index is 0.0628. The van der Waals surface area contributed by atoms with Gasteiger partial charge in [0.15, 0.2) is 17.9 Å². The Kier molecular flexibility index (Phi) is 5.48. The third-order valence-electron chi connectivity index (χ3n) is 6.37. The van der Waals surface area contributed by atoms with Gasteiger partial charge < -0.3 is 33.2 Å². The Hall–Kier alpha value is -2.00. The van der Waals surface area contributed by atoms with E-state index in [1.54, 1.807) is 10.9 Å². The van der Waals surface area contributed by atoms with Crippen LogP contribution in [0, 0.1) is 0 Å². The van der Waals surface area contributed by atoms with Gasteiger partial charge in [-0.3, -0.25) is 0 Å². The Morgan fingerprint density at radius 3 is 2.79 bits per heavy atom. The molecule has 13 heteroatoms. The van der Waals surface area contributed by atoms with Crippen molar-refractivity contribution in [3.63, 3.8) is 0 Å². The number of ether oxygens (including phenoxy) is 7. The number of rotatable bonds is 6. The van der Waals surface area contributed by atoms with E-state index in [9.17, 15) is 0 Å². The van der Waals surface area contributed by atoms with Crippen molar-refractivity contribution in [2.24, 2.45) is 0 Å². The van der Waals surface area contributed by atoms with Gasteiger partial charge in [-0.1, -0.05) is 10.4 Å². The molecule has 0 N–H and O–H groups in total. The molecule has 0 spiro atoms. The number of fused-ring (bicyclic) bond motifs is 2. The van der Waals surface area contributed by atoms with E-state index in [2.05, 4.69) is 20.6 Å². The minimum atomic E-state index is -0.749. The first-order chi connectivity index (χ1) is 16.2. The van der Waals surface area contributed by atoms with Crippen LogP contribution < -0.4 is 0 Å². The fourth-order valence-corrected chi connectivity index (χ4v) is 4.86. The zero-order valence-electron chi connectivity index (χ0n) is 19.7. The van der Waals surface area contributed by atoms with Crippen molar-refractivity contribution in [2.45, 2.75) is 102 Å². The summed E-state index contributed by atoms with van der Waals surface area (Å²) < 4.78 is 45.8. The smallest absolute Gasteiger partial charge is 0.190 e. The number of nitrogens with zero attached hydrogens (tertiary/aromatic N) is 6. The molecule has 6 atom stereocenters. The molecule has 4 aliphatic rings. The molecule has 0 aliphatic carbocycles. The molecule has 0 aromatic carbocycles. The van der Waals surface area contributed by atoms with Gasteiger partial charge in [0.05, 0.1) is 57.1 Å². The first kappa shape index (κ1) is 22.5. The minimum Gasteiger partial charge on any atom is -0.368 e. The van der Waals surface area contributed by atoms with Crippen molar-refractivity contribution >= 4 is 0 Å². The lowest BCUT2D eigenvalue weighted by Gasteiger charge is -2.28. The average Bonchev–Trinajstić information content (AvgIpc) is 3.56. The second-order valence-corrected chi connectivity index (χ2v) is 9.98. The maximum absolute atomic E-state index is 6.29. The normalized spacial score (nSPS) is 36.0. The van der Waals surface area contributed by atoms with Crippen LogP contribution in [0.1, 0.15) is 39.1 Å². The number of hydrogen-bond acceptors (Lipinski definition) is 11. The highest BCUT2D eigenvalue weighted by Gasteiger charge is 2.59. The van der Waals surface area contributed by atoms with Crippen LogP contribution in [-0.4, -0.2) is 85.0 Å². The summed E-state index contributed by atoms with van der Waals surface area (Å²) in [4.78, 5) is 0. The summed E-state index contributed by atoms with van der Waals surface area (Å²) in [7, 11) is 0. The third kappa shape index (κ3) is 4.37. The molecule has 6 rings (SSSR count). The second kappa shape index (κ2) is 8.29. The molecule has 2 aromatic heterocycles. The summed E-state index contributed by atoms with van der Waals surface area (Å²) in [6, 6.07) is 0. The van der Waals surface area contributed by atoms with E-state index in [4.69, 9.17) is 33.2 Å². The highest BCUT2D eigenvalue weighted by atomic mass is 16.8. The van der Waals surface area contributed by atoms with Crippen LogP contribution in [0.25, 0.3) is 0 Å². The molecule has 0 saturated carbocycles. The Bertz CT molecular complexity index is 1020. The van der Waals surface area contributed by atoms with E-state index in [0.717, 1.165) is 5.69 Å². The van der Waals surface area contributed by atoms with Crippen LogP contribution >= 0.6 is 0 Å². The van der Waals surface area contributed by atoms with Gasteiger partial charge in [-0.2, -0.15) is 0 Å². The van der Waals surface area contributed by atoms with E-state index >= 15 is 0 Å². The van der Waals surface area contributed by atoms with Crippen molar-refractivity contribution in [1.82, 2.24) is 30.0 Å². The van der Waals surface area contributed by atoms with Crippen molar-refractivity contribution in [2.75, 3.05) is 6.61 Å². The first-order valence-electron chi connectivity index (χ1n) is 11.6. The topological polar surface area (TPSA) is 126 Å². The Morgan fingerprint density at radius 1 is 1.09 bits per heavy atom. The highest BCUT2D eigenvalue weighted by molar-refractivity contribution is 5.00. The van der Waals surface area contributed by atoms with Gasteiger partial charge in [0.1, 0.15) is 30.1 Å². The molecule has 3 saturated heterocycles. The zero-order chi connectivity index (χ0) is 23.5. The summed E-state index contributed by atoms with van der Waals surface area (Å²) in [6.45, 7) is 9.80. The van der Waals surface area contributed by atoms with E-state index in [1.165, 1.54) is 0 Å². The summed E-state index contributed by atoms with van der Waals surface area (Å²) in [5.41, 5.74) is 1.67. The van der Waals surface area contributed by atoms with Gasteiger partial charge >= 0.3 is 0 Å². The van der Waals surface area contributed by atoms with Crippen molar-refractivity contribution in [3.8, 4) is 0 Å². The van der Waals surface area contributed by atoms with Crippen molar-refractivity contribution in [1.29, 1.82) is 0 Å². The van der Waals surface area contributed by atoms with Gasteiger partial charge in [0.25, 0.3) is 0 Å². The molecule has 0 bridgehead atoms. The predicted octanol–water partition coefficient (Wildman–Crippen LogP) is 0.382. The lowest BCUT2D eigenvalue weighted by molar-refractivity contribution is -0.236. The van der Waals surface area contributed by atoms with Crippen LogP contribution in [0.4, 0.5) is 0 Å². The van der Waals surface area contributed by atoms with Crippen LogP contribution in [0.2, 0.25) is 0 Å². The molecule has 0 amide bonds. The zero-order valence-corrected chi connectivity index (χ0v) is 19.7. The molecular weight excluding hydrogens is 448 g/mol. The SMILES string of the molecule is CC1(C)O[C@H]2O[C@H]([C@H]3COC(C)(C)O3)[C@H](OCc3cn(CC4Cn5nncc5CO4)nn3)[C@H]2O1. The summed E-state index contributed by atoms with van der Waals surface area (Å²) in [5.74, 6) is -1.42. The molecule has 6 heterocycles. The molecule has 34 heavy (non-hydrogen) atoms. The highest BCUT2D eigenvalue weighted by Crippen LogP contribution is 2.42. The van der Waals surface area contributed by atoms with Gasteiger partial charge in [0, 0.05) is 0 Å². The van der Waals surface area contributed by atoms with E-state index < -0.39 is 30.1 Å². The standard InChI is InChI=1S/C21H30N6O7/c1-20(2)30-11-15(32-20)16-17(18-19(31-16)34-21(3,4)33-18)29-9-12-6-26(25-23-12)7-14-8-27-13(10-28-14)5-22-24-27/h5-6,14-19H,7-11H2,1-4H3/t14?,15-,16-,17+,18-,19-/m1/s1. The Morgan fingerprint density at radius 2 is 1.97 bits per heavy atom. The lowest BCUT2D eigenvalue weighted by Crippen LogP contribution is -2.44. The monoisotopic (exact) mass is 478 g/mol. The van der Waals surface area contributed by atoms with Crippen molar-refractivity contribution in [3.05, 3.63) is 23.8 Å². The van der Waals surface area contributed by atoms with Crippen LogP contribution in [0.15, 0.2) is 12.4 Å². The summed E-state index contributed by atoms with van der Waals surface area (Å²) >= 11 is 0. The number of hydrogen-bond donors (Lipinski definition) is 0. The molecule has 2 aromatic rings. The van der Waals surface area contributed by atoms with E-state index in [1.807, 2.05) is 38.6 Å². The molecule has 4 aliphatic heterocycles. The first-order valence-corrected chi connectivity index (χ1v) is 11.6. The molecule has 0 radical (unpaired) electrons. The van der Waals surface area contributed by atoms with Crippen molar-refractivity contribution < 1.29 is 33.2 Å². The molecule has 13 nitrogen and oxygen atoms in total. The molecule has 1 unspecified atom stereocenters. The van der Waals surface area contributed by atoms with Gasteiger partial charge in [-0.25, -0.2) is 9.36 Å². The van der Waals surface area contributed by atoms with Gasteiger partial charge in [-0.15, -0.1) is 10.2 Å². The van der Waals surface area contributed by atoms with E-state index in [-0.39, 0.29) is 24.9 Å². The summed E-state index contributed by atoms with van der Waals surface area (Å²) in [6.07, 6.45) is 1.51. The largest absolute Gasteiger partial charge is 0.368 e. The fourth-order valence-electron chi connectivity index (χ4n) is 4.86. The molecular formula is C21H30N6O7. The maximum Gasteiger partial charge on any atom is 0.190 e. The maximum atomic E-state index is 6.29. The Labute approximate surface area is 196 Å². The summed E-state index contributed by atoms with van der Waals surface area (Å²) in [5, 5.41) is 16.5. The predicted molar refractivity (Wildman–Crippen MR) is 111 cm³/mol. The quantitative estimate of drug-likeness (QED) is 0.572. The van der Waals surface area contributed by atoms with Crippen LogP contribution in [0.5, 0.6) is 0 Å². The Balaban J connectivity index is 1.10. The average molecular weight is 479 g/mol. The van der Waals surface area contributed by atoms with Crippen LogP contribution in [0.3, 0.4) is 0 Å². The van der Waals surface area contributed by atoms with Gasteiger partial charge in [0.2, 0.25) is 0 Å². The van der Waals surface area contributed by atoms with E-state index in [0.29, 0.717) is 32.0 Å². The molecule has 3 fully saturated rings. The number of aromatic nitrogens is 6. The third-order valence-corrected chi connectivity index (χ3v) is 6.37. The molecule has 186 valence electrons.